The zero-order chi connectivity index (χ0) is 30.0. The Morgan fingerprint density at radius 3 is 2.35 bits per heavy atom. The summed E-state index contributed by atoms with van der Waals surface area (Å²) in [6.07, 6.45) is -3.07. The molecule has 216 valence electrons. The number of methoxy groups -OCH3 is 1. The summed E-state index contributed by atoms with van der Waals surface area (Å²) in [5, 5.41) is 5.56. The highest BCUT2D eigenvalue weighted by molar-refractivity contribution is 7.92. The Morgan fingerprint density at radius 1 is 1.10 bits per heavy atom. The third kappa shape index (κ3) is 6.92. The molecular formula is C26H31F3N6O4S. The summed E-state index contributed by atoms with van der Waals surface area (Å²) in [5.74, 6) is -0.635. The maximum atomic E-state index is 13.8. The molecule has 0 bridgehead atoms. The second-order valence-electron chi connectivity index (χ2n) is 9.36. The van der Waals surface area contributed by atoms with Gasteiger partial charge in [0.15, 0.2) is 0 Å². The number of halogens is 3. The largest absolute Gasteiger partial charge is 0.495 e. The van der Waals surface area contributed by atoms with E-state index >= 15 is 0 Å². The Balaban J connectivity index is 1.99. The van der Waals surface area contributed by atoms with Crippen molar-refractivity contribution in [2.24, 2.45) is 0 Å². The molecular weight excluding hydrogens is 549 g/mol. The van der Waals surface area contributed by atoms with E-state index in [1.54, 1.807) is 52.2 Å². The summed E-state index contributed by atoms with van der Waals surface area (Å²) in [4.78, 5) is 21.8. The van der Waals surface area contributed by atoms with Gasteiger partial charge in [0.05, 0.1) is 24.7 Å². The molecule has 0 spiro atoms. The van der Waals surface area contributed by atoms with Gasteiger partial charge < -0.3 is 20.3 Å². The van der Waals surface area contributed by atoms with Gasteiger partial charge in [-0.1, -0.05) is 12.1 Å². The van der Waals surface area contributed by atoms with Crippen molar-refractivity contribution in [3.05, 3.63) is 64.3 Å². The molecule has 14 heteroatoms. The molecule has 3 aromatic rings. The lowest BCUT2D eigenvalue weighted by atomic mass is 10.1. The number of carbonyl (C=O) groups is 1. The fraction of sp³-hybridized carbons (Fsp3) is 0.346. The van der Waals surface area contributed by atoms with Crippen molar-refractivity contribution in [2.45, 2.75) is 26.6 Å². The molecule has 0 aliphatic heterocycles. The van der Waals surface area contributed by atoms with Crippen LogP contribution >= 0.6 is 0 Å². The zero-order valence-corrected chi connectivity index (χ0v) is 24.0. The van der Waals surface area contributed by atoms with Crippen LogP contribution in [-0.4, -0.2) is 63.7 Å². The Bertz CT molecular complexity index is 1530. The molecule has 0 saturated carbocycles. The summed E-state index contributed by atoms with van der Waals surface area (Å²) in [5.41, 5.74) is 1.79. The lowest BCUT2D eigenvalue weighted by Gasteiger charge is -2.22. The number of nitrogens with zero attached hydrogens (tertiary/aromatic N) is 4. The average molecular weight is 581 g/mol. The Kier molecular flexibility index (Phi) is 8.82. The van der Waals surface area contributed by atoms with Crippen molar-refractivity contribution in [3.63, 3.8) is 0 Å². The maximum absolute atomic E-state index is 13.8. The van der Waals surface area contributed by atoms with Crippen molar-refractivity contribution in [1.29, 1.82) is 0 Å². The van der Waals surface area contributed by atoms with Crippen LogP contribution < -0.4 is 19.7 Å². The van der Waals surface area contributed by atoms with Crippen molar-refractivity contribution in [3.8, 4) is 5.75 Å². The van der Waals surface area contributed by atoms with Crippen LogP contribution in [0.15, 0.2) is 36.5 Å². The molecule has 0 aliphatic rings. The van der Waals surface area contributed by atoms with Gasteiger partial charge in [-0.3, -0.25) is 9.10 Å². The van der Waals surface area contributed by atoms with E-state index in [0.29, 0.717) is 34.3 Å². The first-order valence-corrected chi connectivity index (χ1v) is 13.8. The molecule has 1 amide bonds. The van der Waals surface area contributed by atoms with Crippen LogP contribution in [0.1, 0.15) is 32.6 Å². The van der Waals surface area contributed by atoms with Gasteiger partial charge in [0, 0.05) is 39.4 Å². The number of ether oxygens (including phenoxy) is 1. The topological polar surface area (TPSA) is 117 Å². The molecule has 2 N–H and O–H groups in total. The van der Waals surface area contributed by atoms with E-state index in [4.69, 9.17) is 4.74 Å². The second kappa shape index (κ2) is 11.6. The minimum Gasteiger partial charge on any atom is -0.495 e. The second-order valence-corrected chi connectivity index (χ2v) is 11.4. The van der Waals surface area contributed by atoms with E-state index in [-0.39, 0.29) is 24.1 Å². The molecule has 0 aliphatic carbocycles. The number of carbonyl (C=O) groups excluding carboxylic acids is 1. The van der Waals surface area contributed by atoms with Gasteiger partial charge in [0.1, 0.15) is 17.1 Å². The van der Waals surface area contributed by atoms with Crippen molar-refractivity contribution >= 4 is 39.1 Å². The number of benzene rings is 2. The average Bonchev–Trinajstić information content (AvgIpc) is 2.86. The highest BCUT2D eigenvalue weighted by Crippen LogP contribution is 2.36. The maximum Gasteiger partial charge on any atom is 0.421 e. The van der Waals surface area contributed by atoms with Gasteiger partial charge in [-0.2, -0.15) is 18.2 Å². The Morgan fingerprint density at radius 2 is 1.77 bits per heavy atom. The molecule has 10 nitrogen and oxygen atoms in total. The van der Waals surface area contributed by atoms with Crippen LogP contribution in [0.25, 0.3) is 0 Å². The Labute approximate surface area is 231 Å². The van der Waals surface area contributed by atoms with Crippen LogP contribution in [0.4, 0.5) is 36.3 Å². The zero-order valence-electron chi connectivity index (χ0n) is 23.1. The van der Waals surface area contributed by atoms with Gasteiger partial charge in [-0.15, -0.1) is 0 Å². The van der Waals surface area contributed by atoms with Crippen LogP contribution in [0.2, 0.25) is 0 Å². The van der Waals surface area contributed by atoms with E-state index in [9.17, 15) is 26.4 Å². The number of nitrogens with one attached hydrogen (secondary N) is 2. The normalized spacial score (nSPS) is 11.7. The van der Waals surface area contributed by atoms with E-state index in [1.165, 1.54) is 25.1 Å². The number of hydrogen-bond donors (Lipinski definition) is 2. The van der Waals surface area contributed by atoms with Gasteiger partial charge in [0.2, 0.25) is 16.0 Å². The number of anilines is 4. The number of aryl methyl sites for hydroxylation is 2. The van der Waals surface area contributed by atoms with E-state index in [1.807, 2.05) is 0 Å². The number of amides is 1. The SMILES string of the molecule is COc1cc(C(=O)N(C)C)c(C)cc1Nc1ncc(C(F)(F)F)c(NCc2ccc(C)cc2N(C)S(C)(=O)=O)n1. The number of sulfonamides is 1. The van der Waals surface area contributed by atoms with Crippen molar-refractivity contribution < 1.29 is 31.1 Å². The van der Waals surface area contributed by atoms with Gasteiger partial charge in [-0.25, -0.2) is 13.4 Å². The standard InChI is InChI=1S/C26H31F3N6O4S/c1-15-8-9-17(21(10-15)35(5)40(7,37)38)13-30-23-19(26(27,28)29)14-31-25(33-23)32-20-11-16(2)18(12-22(20)39-6)24(36)34(3)4/h8-12,14H,13H2,1-7H3,(H2,30,31,32,33). The van der Waals surface area contributed by atoms with Crippen LogP contribution in [0.5, 0.6) is 5.75 Å². The lowest BCUT2D eigenvalue weighted by molar-refractivity contribution is -0.137. The molecule has 2 aromatic carbocycles. The van der Waals surface area contributed by atoms with E-state index in [0.717, 1.165) is 16.1 Å². The summed E-state index contributed by atoms with van der Waals surface area (Å²) in [6, 6.07) is 8.14. The summed E-state index contributed by atoms with van der Waals surface area (Å²) >= 11 is 0. The number of aromatic nitrogens is 2. The first-order chi connectivity index (χ1) is 18.5. The fourth-order valence-corrected chi connectivity index (χ4v) is 4.33. The minimum atomic E-state index is -4.76. The molecule has 0 fully saturated rings. The van der Waals surface area contributed by atoms with Crippen LogP contribution in [0.3, 0.4) is 0 Å². The molecule has 0 radical (unpaired) electrons. The molecule has 0 atom stereocenters. The third-order valence-corrected chi connectivity index (χ3v) is 7.24. The number of alkyl halides is 3. The predicted molar refractivity (Wildman–Crippen MR) is 148 cm³/mol. The number of rotatable bonds is 9. The molecule has 0 saturated heterocycles. The van der Waals surface area contributed by atoms with Crippen LogP contribution in [0, 0.1) is 13.8 Å². The quantitative estimate of drug-likeness (QED) is 0.378. The Hall–Kier alpha value is -4.07. The predicted octanol–water partition coefficient (Wildman–Crippen LogP) is 4.57. The van der Waals surface area contributed by atoms with E-state index in [2.05, 4.69) is 20.6 Å². The highest BCUT2D eigenvalue weighted by atomic mass is 32.2. The molecule has 1 aromatic heterocycles. The van der Waals surface area contributed by atoms with Gasteiger partial charge in [-0.05, 0) is 48.7 Å². The summed E-state index contributed by atoms with van der Waals surface area (Å²) < 4.78 is 72.2. The van der Waals surface area contributed by atoms with E-state index < -0.39 is 27.6 Å². The van der Waals surface area contributed by atoms with Gasteiger partial charge in [0.25, 0.3) is 5.91 Å². The summed E-state index contributed by atoms with van der Waals surface area (Å²) in [7, 11) is 2.37. The first kappa shape index (κ1) is 30.5. The van der Waals surface area contributed by atoms with Gasteiger partial charge >= 0.3 is 6.18 Å². The van der Waals surface area contributed by atoms with Crippen LogP contribution in [-0.2, 0) is 22.7 Å². The van der Waals surface area contributed by atoms with Crippen molar-refractivity contribution in [1.82, 2.24) is 14.9 Å². The molecule has 40 heavy (non-hydrogen) atoms. The minimum absolute atomic E-state index is 0.154. The number of hydrogen-bond acceptors (Lipinski definition) is 8. The fourth-order valence-electron chi connectivity index (χ4n) is 3.80. The molecule has 3 rings (SSSR count). The summed E-state index contributed by atoms with van der Waals surface area (Å²) in [6.45, 7) is 3.34. The smallest absolute Gasteiger partial charge is 0.421 e. The lowest BCUT2D eigenvalue weighted by Crippen LogP contribution is -2.26. The first-order valence-electron chi connectivity index (χ1n) is 11.9. The third-order valence-electron chi connectivity index (χ3n) is 6.05. The monoisotopic (exact) mass is 580 g/mol. The molecule has 0 unspecified atom stereocenters. The highest BCUT2D eigenvalue weighted by Gasteiger charge is 2.35. The molecule has 1 heterocycles. The van der Waals surface area contributed by atoms with Crippen molar-refractivity contribution in [2.75, 3.05) is 49.4 Å².